The van der Waals surface area contributed by atoms with E-state index >= 15 is 0 Å². The molecule has 6 nitrogen and oxygen atoms in total. The van der Waals surface area contributed by atoms with Gasteiger partial charge in [0.1, 0.15) is 18.0 Å². The van der Waals surface area contributed by atoms with E-state index in [4.69, 9.17) is 0 Å². The van der Waals surface area contributed by atoms with Crippen LogP contribution < -0.4 is 0 Å². The van der Waals surface area contributed by atoms with Crippen molar-refractivity contribution in [3.8, 4) is 5.69 Å². The summed E-state index contributed by atoms with van der Waals surface area (Å²) in [6.07, 6.45) is 10.7. The average Bonchev–Trinajstić information content (AvgIpc) is 3.14. The summed E-state index contributed by atoms with van der Waals surface area (Å²) in [6.45, 7) is 2.96. The number of aryl methyl sites for hydroxylation is 3. The zero-order chi connectivity index (χ0) is 13.8. The van der Waals surface area contributed by atoms with Crippen molar-refractivity contribution >= 4 is 0 Å². The Balaban J connectivity index is 1.78. The van der Waals surface area contributed by atoms with E-state index in [1.807, 2.05) is 29.2 Å². The van der Waals surface area contributed by atoms with Gasteiger partial charge >= 0.3 is 0 Å². The van der Waals surface area contributed by atoms with Crippen LogP contribution in [0.3, 0.4) is 0 Å². The minimum atomic E-state index is 0.811. The first-order valence-corrected chi connectivity index (χ1v) is 6.68. The first-order chi connectivity index (χ1) is 9.88. The number of aromatic nitrogens is 6. The van der Waals surface area contributed by atoms with Crippen LogP contribution in [-0.2, 0) is 19.4 Å². The van der Waals surface area contributed by atoms with Crippen molar-refractivity contribution in [2.24, 2.45) is 0 Å². The lowest BCUT2D eigenvalue weighted by Crippen LogP contribution is -2.09. The van der Waals surface area contributed by atoms with E-state index in [1.165, 1.54) is 0 Å². The van der Waals surface area contributed by atoms with E-state index in [1.54, 1.807) is 18.7 Å². The Labute approximate surface area is 117 Å². The number of pyridine rings is 1. The molecule has 0 aliphatic carbocycles. The van der Waals surface area contributed by atoms with Crippen LogP contribution in [0, 0.1) is 0 Å². The van der Waals surface area contributed by atoms with Crippen LogP contribution in [0.5, 0.6) is 0 Å². The van der Waals surface area contributed by atoms with E-state index in [2.05, 4.69) is 31.5 Å². The van der Waals surface area contributed by atoms with Gasteiger partial charge in [-0.25, -0.2) is 14.6 Å². The molecular weight excluding hydrogens is 252 g/mol. The Hall–Kier alpha value is -2.50. The second kappa shape index (κ2) is 5.64. The molecule has 0 N–H and O–H groups in total. The van der Waals surface area contributed by atoms with Gasteiger partial charge in [0.05, 0.1) is 5.69 Å². The van der Waals surface area contributed by atoms with Gasteiger partial charge in [0, 0.05) is 44.2 Å². The number of rotatable bonds is 5. The fraction of sp³-hybridized carbons (Fsp3) is 0.286. The molecule has 0 aromatic carbocycles. The van der Waals surface area contributed by atoms with E-state index in [9.17, 15) is 0 Å². The summed E-state index contributed by atoms with van der Waals surface area (Å²) >= 11 is 0. The van der Waals surface area contributed by atoms with Gasteiger partial charge in [-0.1, -0.05) is 6.92 Å². The Bertz CT molecular complexity index is 670. The van der Waals surface area contributed by atoms with Gasteiger partial charge in [0.25, 0.3) is 0 Å². The Morgan fingerprint density at radius 3 is 2.70 bits per heavy atom. The molecule has 0 atom stereocenters. The maximum Gasteiger partial charge on any atom is 0.138 e. The average molecular weight is 268 g/mol. The minimum Gasteiger partial charge on any atom is -0.334 e. The highest BCUT2D eigenvalue weighted by Crippen LogP contribution is 2.09. The molecule has 0 unspecified atom stereocenters. The Morgan fingerprint density at radius 1 is 1.05 bits per heavy atom. The van der Waals surface area contributed by atoms with Gasteiger partial charge in [0.15, 0.2) is 0 Å². The summed E-state index contributed by atoms with van der Waals surface area (Å²) in [5.41, 5.74) is 0.980. The van der Waals surface area contributed by atoms with Crippen molar-refractivity contribution < 1.29 is 0 Å². The van der Waals surface area contributed by atoms with Crippen molar-refractivity contribution in [3.05, 3.63) is 54.9 Å². The highest BCUT2D eigenvalue weighted by molar-refractivity contribution is 5.28. The fourth-order valence-corrected chi connectivity index (χ4v) is 2.22. The molecule has 3 rings (SSSR count). The van der Waals surface area contributed by atoms with E-state index in [0.717, 1.165) is 36.7 Å². The summed E-state index contributed by atoms with van der Waals surface area (Å²) in [6, 6.07) is 3.85. The molecule has 0 radical (unpaired) electrons. The topological polar surface area (TPSA) is 61.4 Å². The Morgan fingerprint density at radius 2 is 1.90 bits per heavy atom. The largest absolute Gasteiger partial charge is 0.334 e. The summed E-state index contributed by atoms with van der Waals surface area (Å²) < 4.78 is 4.01. The van der Waals surface area contributed by atoms with E-state index in [-0.39, 0.29) is 0 Å². The van der Waals surface area contributed by atoms with Gasteiger partial charge in [-0.2, -0.15) is 5.10 Å². The number of hydrogen-bond donors (Lipinski definition) is 0. The first kappa shape index (κ1) is 12.5. The van der Waals surface area contributed by atoms with Crippen LogP contribution in [-0.4, -0.2) is 29.3 Å². The molecule has 102 valence electrons. The van der Waals surface area contributed by atoms with Crippen molar-refractivity contribution in [2.75, 3.05) is 0 Å². The minimum absolute atomic E-state index is 0.811. The van der Waals surface area contributed by atoms with Gasteiger partial charge in [0.2, 0.25) is 0 Å². The highest BCUT2D eigenvalue weighted by Gasteiger charge is 2.07. The van der Waals surface area contributed by atoms with Crippen LogP contribution in [0.4, 0.5) is 0 Å². The monoisotopic (exact) mass is 268 g/mol. The lowest BCUT2D eigenvalue weighted by Gasteiger charge is -2.08. The van der Waals surface area contributed by atoms with Gasteiger partial charge in [-0.05, 0) is 12.1 Å². The third-order valence-corrected chi connectivity index (χ3v) is 3.22. The summed E-state index contributed by atoms with van der Waals surface area (Å²) in [5, 5.41) is 4.28. The molecule has 20 heavy (non-hydrogen) atoms. The zero-order valence-corrected chi connectivity index (χ0v) is 11.3. The maximum atomic E-state index is 4.35. The van der Waals surface area contributed by atoms with Crippen molar-refractivity contribution in [3.63, 3.8) is 0 Å². The molecule has 0 bridgehead atoms. The number of imidazole rings is 1. The van der Waals surface area contributed by atoms with Gasteiger partial charge in [-0.3, -0.25) is 4.98 Å². The molecule has 3 heterocycles. The van der Waals surface area contributed by atoms with Crippen molar-refractivity contribution in [2.45, 2.75) is 26.3 Å². The number of nitrogens with zero attached hydrogens (tertiary/aromatic N) is 6. The third kappa shape index (κ3) is 2.45. The second-order valence-electron chi connectivity index (χ2n) is 4.43. The lowest BCUT2D eigenvalue weighted by atomic mass is 10.3. The second-order valence-corrected chi connectivity index (χ2v) is 4.43. The molecule has 0 aliphatic rings. The summed E-state index contributed by atoms with van der Waals surface area (Å²) in [4.78, 5) is 12.7. The normalized spacial score (nSPS) is 10.8. The molecule has 0 fully saturated rings. The van der Waals surface area contributed by atoms with Crippen LogP contribution in [0.2, 0.25) is 0 Å². The molecule has 6 heteroatoms. The highest BCUT2D eigenvalue weighted by atomic mass is 15.3. The third-order valence-electron chi connectivity index (χ3n) is 3.22. The first-order valence-electron chi connectivity index (χ1n) is 6.68. The predicted octanol–water partition coefficient (Wildman–Crippen LogP) is 1.66. The van der Waals surface area contributed by atoms with Crippen LogP contribution in [0.15, 0.2) is 43.2 Å². The fourth-order valence-electron chi connectivity index (χ4n) is 2.22. The predicted molar refractivity (Wildman–Crippen MR) is 74.5 cm³/mol. The van der Waals surface area contributed by atoms with Crippen LogP contribution in [0.1, 0.15) is 18.6 Å². The molecular formula is C14H16N6. The maximum absolute atomic E-state index is 4.35. The zero-order valence-electron chi connectivity index (χ0n) is 11.3. The van der Waals surface area contributed by atoms with Crippen LogP contribution >= 0.6 is 0 Å². The molecule has 0 saturated heterocycles. The summed E-state index contributed by atoms with van der Waals surface area (Å²) in [5.74, 6) is 2.03. The lowest BCUT2D eigenvalue weighted by molar-refractivity contribution is 0.625. The molecule has 0 aliphatic heterocycles. The SMILES string of the molecule is CCc1nccn1CCc1ncnn1-c1ccncc1. The van der Waals surface area contributed by atoms with E-state index < -0.39 is 0 Å². The van der Waals surface area contributed by atoms with Crippen LogP contribution in [0.25, 0.3) is 5.69 Å². The number of hydrogen-bond acceptors (Lipinski definition) is 4. The molecule has 3 aromatic rings. The molecule has 3 aromatic heterocycles. The van der Waals surface area contributed by atoms with Gasteiger partial charge < -0.3 is 4.57 Å². The molecule has 0 spiro atoms. The Kier molecular flexibility index (Phi) is 3.54. The quantitative estimate of drug-likeness (QED) is 0.706. The van der Waals surface area contributed by atoms with E-state index in [0.29, 0.717) is 0 Å². The molecule has 0 saturated carbocycles. The standard InChI is InChI=1S/C14H16N6/c1-2-13-16-8-10-19(13)9-5-14-17-11-18-20(14)12-3-6-15-7-4-12/h3-4,6-8,10-11H,2,5,9H2,1H3. The molecule has 0 amide bonds. The summed E-state index contributed by atoms with van der Waals surface area (Å²) in [7, 11) is 0. The van der Waals surface area contributed by atoms with Gasteiger partial charge in [-0.15, -0.1) is 0 Å². The van der Waals surface area contributed by atoms with Crippen molar-refractivity contribution in [1.29, 1.82) is 0 Å². The smallest absolute Gasteiger partial charge is 0.138 e. The van der Waals surface area contributed by atoms with Crippen molar-refractivity contribution in [1.82, 2.24) is 29.3 Å².